The topological polar surface area (TPSA) is 64.9 Å². The van der Waals surface area contributed by atoms with Gasteiger partial charge in [-0.2, -0.15) is 5.26 Å². The second kappa shape index (κ2) is 4.88. The van der Waals surface area contributed by atoms with Gasteiger partial charge < -0.3 is 10.6 Å². The molecule has 88 valence electrons. The molecule has 4 nitrogen and oxygen atoms in total. The van der Waals surface area contributed by atoms with Crippen molar-refractivity contribution < 1.29 is 4.79 Å². The first-order valence-corrected chi connectivity index (χ1v) is 5.73. The van der Waals surface area contributed by atoms with E-state index in [9.17, 15) is 4.79 Å². The van der Waals surface area contributed by atoms with E-state index >= 15 is 0 Å². The zero-order valence-electron chi connectivity index (χ0n) is 9.79. The Morgan fingerprint density at radius 3 is 3.06 bits per heavy atom. The van der Waals surface area contributed by atoms with E-state index in [2.05, 4.69) is 16.7 Å². The highest BCUT2D eigenvalue weighted by Crippen LogP contribution is 2.17. The number of amides is 1. The third kappa shape index (κ3) is 2.76. The Morgan fingerprint density at radius 2 is 2.41 bits per heavy atom. The second-order valence-corrected chi connectivity index (χ2v) is 4.34. The number of nitriles is 1. The molecule has 0 aliphatic carbocycles. The number of hydrogen-bond acceptors (Lipinski definition) is 3. The zero-order chi connectivity index (χ0) is 12.3. The third-order valence-corrected chi connectivity index (χ3v) is 2.92. The largest absolute Gasteiger partial charge is 0.382 e. The first-order valence-electron chi connectivity index (χ1n) is 5.73. The molecule has 1 atom stereocenters. The normalized spacial score (nSPS) is 18.6. The molecule has 1 fully saturated rings. The van der Waals surface area contributed by atoms with Gasteiger partial charge in [0.1, 0.15) is 6.07 Å². The van der Waals surface area contributed by atoms with E-state index in [-0.39, 0.29) is 11.9 Å². The molecule has 0 aromatic heterocycles. The highest BCUT2D eigenvalue weighted by Gasteiger charge is 2.20. The molecule has 1 aliphatic heterocycles. The van der Waals surface area contributed by atoms with Crippen molar-refractivity contribution in [3.8, 4) is 6.07 Å². The standard InChI is InChI=1S/C13H15N3O/c1-9-2-3-10(7-14)12(6-9)15-8-11-4-5-13(17)16-11/h2-3,6,11,15H,4-5,8H2,1H3,(H,16,17). The van der Waals surface area contributed by atoms with Crippen molar-refractivity contribution in [2.45, 2.75) is 25.8 Å². The Kier molecular flexibility index (Phi) is 3.29. The minimum atomic E-state index is 0.113. The van der Waals surface area contributed by atoms with Crippen LogP contribution in [0.1, 0.15) is 24.0 Å². The van der Waals surface area contributed by atoms with Crippen molar-refractivity contribution >= 4 is 11.6 Å². The van der Waals surface area contributed by atoms with Gasteiger partial charge in [0.05, 0.1) is 11.3 Å². The maximum atomic E-state index is 11.1. The first kappa shape index (κ1) is 11.5. The summed E-state index contributed by atoms with van der Waals surface area (Å²) in [4.78, 5) is 11.1. The Labute approximate surface area is 101 Å². The lowest BCUT2D eigenvalue weighted by atomic mass is 10.1. The zero-order valence-corrected chi connectivity index (χ0v) is 9.79. The fourth-order valence-electron chi connectivity index (χ4n) is 1.97. The smallest absolute Gasteiger partial charge is 0.220 e. The third-order valence-electron chi connectivity index (χ3n) is 2.92. The Hall–Kier alpha value is -2.02. The number of anilines is 1. The molecule has 4 heteroatoms. The van der Waals surface area contributed by atoms with Gasteiger partial charge >= 0.3 is 0 Å². The lowest BCUT2D eigenvalue weighted by Gasteiger charge is -2.13. The van der Waals surface area contributed by atoms with Crippen molar-refractivity contribution in [3.05, 3.63) is 29.3 Å². The van der Waals surface area contributed by atoms with Gasteiger partial charge in [-0.1, -0.05) is 6.07 Å². The van der Waals surface area contributed by atoms with E-state index in [1.165, 1.54) is 0 Å². The molecule has 1 saturated heterocycles. The summed E-state index contributed by atoms with van der Waals surface area (Å²) in [6, 6.07) is 8.01. The molecule has 0 saturated carbocycles. The molecule has 0 spiro atoms. The molecular weight excluding hydrogens is 214 g/mol. The van der Waals surface area contributed by atoms with Crippen LogP contribution < -0.4 is 10.6 Å². The van der Waals surface area contributed by atoms with Gasteiger partial charge in [0, 0.05) is 19.0 Å². The molecule has 17 heavy (non-hydrogen) atoms. The van der Waals surface area contributed by atoms with Crippen LogP contribution >= 0.6 is 0 Å². The summed E-state index contributed by atoms with van der Waals surface area (Å²) < 4.78 is 0. The monoisotopic (exact) mass is 229 g/mol. The number of rotatable bonds is 3. The fraction of sp³-hybridized carbons (Fsp3) is 0.385. The number of carbonyl (C=O) groups excluding carboxylic acids is 1. The Balaban J connectivity index is 2.01. The van der Waals surface area contributed by atoms with E-state index in [4.69, 9.17) is 5.26 Å². The predicted molar refractivity (Wildman–Crippen MR) is 65.5 cm³/mol. The van der Waals surface area contributed by atoms with Crippen LogP contribution in [0.25, 0.3) is 0 Å². The van der Waals surface area contributed by atoms with Gasteiger partial charge in [0.2, 0.25) is 5.91 Å². The minimum absolute atomic E-state index is 0.113. The molecule has 0 radical (unpaired) electrons. The molecule has 1 aromatic carbocycles. The predicted octanol–water partition coefficient (Wildman–Crippen LogP) is 1.56. The van der Waals surface area contributed by atoms with Crippen LogP contribution in [-0.2, 0) is 4.79 Å². The number of nitrogens with zero attached hydrogens (tertiary/aromatic N) is 1. The van der Waals surface area contributed by atoms with Crippen LogP contribution in [0.3, 0.4) is 0 Å². The van der Waals surface area contributed by atoms with Gasteiger partial charge in [-0.25, -0.2) is 0 Å². The van der Waals surface area contributed by atoms with Gasteiger partial charge in [0.15, 0.2) is 0 Å². The molecule has 1 heterocycles. The highest BCUT2D eigenvalue weighted by atomic mass is 16.1. The summed E-state index contributed by atoms with van der Waals surface area (Å²) in [5.74, 6) is 0.113. The van der Waals surface area contributed by atoms with Crippen LogP contribution in [0.4, 0.5) is 5.69 Å². The summed E-state index contributed by atoms with van der Waals surface area (Å²) in [5.41, 5.74) is 2.59. The molecule has 0 bridgehead atoms. The van der Waals surface area contributed by atoms with E-state index in [0.717, 1.165) is 17.7 Å². The lowest BCUT2D eigenvalue weighted by Crippen LogP contribution is -2.31. The second-order valence-electron chi connectivity index (χ2n) is 4.34. The fourth-order valence-corrected chi connectivity index (χ4v) is 1.97. The summed E-state index contributed by atoms with van der Waals surface area (Å²) in [7, 11) is 0. The van der Waals surface area contributed by atoms with E-state index in [0.29, 0.717) is 18.5 Å². The van der Waals surface area contributed by atoms with Crippen molar-refractivity contribution in [2.24, 2.45) is 0 Å². The molecule has 1 amide bonds. The maximum absolute atomic E-state index is 11.1. The van der Waals surface area contributed by atoms with E-state index < -0.39 is 0 Å². The average Bonchev–Trinajstić information content (AvgIpc) is 2.73. The van der Waals surface area contributed by atoms with E-state index in [1.54, 1.807) is 0 Å². The van der Waals surface area contributed by atoms with Crippen molar-refractivity contribution in [1.29, 1.82) is 5.26 Å². The van der Waals surface area contributed by atoms with Crippen molar-refractivity contribution in [2.75, 3.05) is 11.9 Å². The summed E-state index contributed by atoms with van der Waals surface area (Å²) >= 11 is 0. The van der Waals surface area contributed by atoms with E-state index in [1.807, 2.05) is 25.1 Å². The number of benzene rings is 1. The average molecular weight is 229 g/mol. The SMILES string of the molecule is Cc1ccc(C#N)c(NCC2CCC(=O)N2)c1. The quantitative estimate of drug-likeness (QED) is 0.826. The molecule has 1 aliphatic rings. The molecule has 1 unspecified atom stereocenters. The Bertz CT molecular complexity index is 476. The van der Waals surface area contributed by atoms with Crippen molar-refractivity contribution in [3.63, 3.8) is 0 Å². The van der Waals surface area contributed by atoms with Crippen LogP contribution in [0.5, 0.6) is 0 Å². The first-order chi connectivity index (χ1) is 8.19. The van der Waals surface area contributed by atoms with Gasteiger partial charge in [-0.05, 0) is 31.0 Å². The molecular formula is C13H15N3O. The minimum Gasteiger partial charge on any atom is -0.382 e. The van der Waals surface area contributed by atoms with Crippen LogP contribution in [0.15, 0.2) is 18.2 Å². The van der Waals surface area contributed by atoms with Gasteiger partial charge in [-0.15, -0.1) is 0 Å². The summed E-state index contributed by atoms with van der Waals surface area (Å²) in [5, 5.41) is 15.1. The maximum Gasteiger partial charge on any atom is 0.220 e. The number of carbonyl (C=O) groups is 1. The van der Waals surface area contributed by atoms with Crippen molar-refractivity contribution in [1.82, 2.24) is 5.32 Å². The lowest BCUT2D eigenvalue weighted by molar-refractivity contribution is -0.119. The van der Waals surface area contributed by atoms with Gasteiger partial charge in [-0.3, -0.25) is 4.79 Å². The summed E-state index contributed by atoms with van der Waals surface area (Å²) in [6.45, 7) is 2.66. The molecule has 1 aromatic rings. The highest BCUT2D eigenvalue weighted by molar-refractivity contribution is 5.78. The summed E-state index contributed by atoms with van der Waals surface area (Å²) in [6.07, 6.45) is 1.46. The molecule has 2 rings (SSSR count). The van der Waals surface area contributed by atoms with Crippen LogP contribution in [0.2, 0.25) is 0 Å². The van der Waals surface area contributed by atoms with Crippen LogP contribution in [-0.4, -0.2) is 18.5 Å². The van der Waals surface area contributed by atoms with Crippen LogP contribution in [0, 0.1) is 18.3 Å². The van der Waals surface area contributed by atoms with Gasteiger partial charge in [0.25, 0.3) is 0 Å². The number of nitrogens with one attached hydrogen (secondary N) is 2. The Morgan fingerprint density at radius 1 is 1.59 bits per heavy atom. The molecule has 2 N–H and O–H groups in total. The number of hydrogen-bond donors (Lipinski definition) is 2. The number of aryl methyl sites for hydroxylation is 1.